The van der Waals surface area contributed by atoms with E-state index in [1.807, 2.05) is 36.4 Å². The summed E-state index contributed by atoms with van der Waals surface area (Å²) in [5.74, 6) is 0.815. The minimum Gasteiger partial charge on any atom is -0.497 e. The molecule has 0 unspecified atom stereocenters. The van der Waals surface area contributed by atoms with Crippen LogP contribution in [-0.2, 0) is 6.61 Å². The van der Waals surface area contributed by atoms with Gasteiger partial charge in [0, 0.05) is 5.56 Å². The summed E-state index contributed by atoms with van der Waals surface area (Å²) < 4.78 is 6.80. The van der Waals surface area contributed by atoms with Crippen LogP contribution in [0, 0.1) is 0 Å². The summed E-state index contributed by atoms with van der Waals surface area (Å²) in [6.45, 7) is -0.0821. The number of imidazole rings is 1. The topological polar surface area (TPSA) is 59.7 Å². The van der Waals surface area contributed by atoms with Gasteiger partial charge in [0.05, 0.1) is 31.3 Å². The van der Waals surface area contributed by atoms with Crippen molar-refractivity contribution in [3.63, 3.8) is 0 Å². The molecule has 96 valence electrons. The zero-order valence-electron chi connectivity index (χ0n) is 10.4. The first kappa shape index (κ1) is 11.7. The van der Waals surface area contributed by atoms with E-state index in [1.165, 1.54) is 0 Å². The quantitative estimate of drug-likeness (QED) is 0.776. The monoisotopic (exact) mass is 255 g/mol. The Kier molecular flexibility index (Phi) is 2.89. The molecule has 2 aromatic heterocycles. The van der Waals surface area contributed by atoms with Crippen LogP contribution in [0.1, 0.15) is 5.69 Å². The number of aliphatic hydroxyl groups is 1. The van der Waals surface area contributed by atoms with E-state index in [-0.39, 0.29) is 6.61 Å². The minimum absolute atomic E-state index is 0.0821. The number of rotatable bonds is 3. The Balaban J connectivity index is 2.03. The molecular formula is C14H13N3O2. The molecule has 0 aliphatic rings. The van der Waals surface area contributed by atoms with Gasteiger partial charge in [-0.15, -0.1) is 0 Å². The molecule has 3 rings (SSSR count). The molecule has 5 nitrogen and oxygen atoms in total. The van der Waals surface area contributed by atoms with Crippen LogP contribution >= 0.6 is 0 Å². The first-order valence-electron chi connectivity index (χ1n) is 5.91. The van der Waals surface area contributed by atoms with Gasteiger partial charge < -0.3 is 9.84 Å². The van der Waals surface area contributed by atoms with Gasteiger partial charge in [0.15, 0.2) is 5.65 Å². The van der Waals surface area contributed by atoms with E-state index in [4.69, 9.17) is 9.84 Å². The second-order valence-electron chi connectivity index (χ2n) is 4.14. The average molecular weight is 255 g/mol. The van der Waals surface area contributed by atoms with Crippen molar-refractivity contribution in [3.05, 3.63) is 48.3 Å². The molecule has 3 aromatic rings. The van der Waals surface area contributed by atoms with Gasteiger partial charge in [0.25, 0.3) is 0 Å². The number of aliphatic hydroxyl groups excluding tert-OH is 1. The molecule has 1 aromatic carbocycles. The van der Waals surface area contributed by atoms with Crippen molar-refractivity contribution in [1.29, 1.82) is 0 Å². The summed E-state index contributed by atoms with van der Waals surface area (Å²) >= 11 is 0. The first-order valence-corrected chi connectivity index (χ1v) is 5.91. The lowest BCUT2D eigenvalue weighted by Crippen LogP contribution is -1.93. The van der Waals surface area contributed by atoms with Crippen molar-refractivity contribution >= 4 is 5.65 Å². The number of nitrogens with zero attached hydrogens (tertiary/aromatic N) is 3. The van der Waals surface area contributed by atoms with E-state index in [0.29, 0.717) is 5.69 Å². The van der Waals surface area contributed by atoms with Gasteiger partial charge in [0.2, 0.25) is 0 Å². The van der Waals surface area contributed by atoms with Crippen LogP contribution in [0.3, 0.4) is 0 Å². The molecule has 0 amide bonds. The van der Waals surface area contributed by atoms with Crippen LogP contribution in [0.15, 0.2) is 42.6 Å². The number of ether oxygens (including phenoxy) is 1. The SMILES string of the molecule is COc1ccc(-c2ccc3nc(CO)cn3n2)cc1. The van der Waals surface area contributed by atoms with Crippen molar-refractivity contribution in [1.82, 2.24) is 14.6 Å². The molecule has 0 bridgehead atoms. The summed E-state index contributed by atoms with van der Waals surface area (Å²) in [5, 5.41) is 13.5. The maximum Gasteiger partial charge on any atom is 0.153 e. The zero-order chi connectivity index (χ0) is 13.2. The van der Waals surface area contributed by atoms with Crippen molar-refractivity contribution in [2.45, 2.75) is 6.61 Å². The van der Waals surface area contributed by atoms with Gasteiger partial charge in [-0.25, -0.2) is 9.50 Å². The summed E-state index contributed by atoms with van der Waals surface area (Å²) in [6.07, 6.45) is 1.72. The maximum absolute atomic E-state index is 9.07. The molecule has 0 saturated carbocycles. The molecule has 0 spiro atoms. The fraction of sp³-hybridized carbons (Fsp3) is 0.143. The highest BCUT2D eigenvalue weighted by Gasteiger charge is 2.04. The molecular weight excluding hydrogens is 242 g/mol. The van der Waals surface area contributed by atoms with Crippen LogP contribution in [-0.4, -0.2) is 26.8 Å². The molecule has 0 aliphatic heterocycles. The van der Waals surface area contributed by atoms with E-state index < -0.39 is 0 Å². The molecule has 0 radical (unpaired) electrons. The highest BCUT2D eigenvalue weighted by atomic mass is 16.5. The van der Waals surface area contributed by atoms with Gasteiger partial charge in [-0.1, -0.05) is 0 Å². The predicted octanol–water partition coefficient (Wildman–Crippen LogP) is 1.90. The number of fused-ring (bicyclic) bond motifs is 1. The van der Waals surface area contributed by atoms with E-state index in [0.717, 1.165) is 22.7 Å². The molecule has 0 saturated heterocycles. The average Bonchev–Trinajstić information content (AvgIpc) is 2.89. The standard InChI is InChI=1S/C14H13N3O2/c1-19-12-4-2-10(3-5-12)13-6-7-14-15-11(9-18)8-17(14)16-13/h2-8,18H,9H2,1H3. The fourth-order valence-electron chi connectivity index (χ4n) is 1.92. The lowest BCUT2D eigenvalue weighted by molar-refractivity contribution is 0.277. The van der Waals surface area contributed by atoms with E-state index in [1.54, 1.807) is 17.8 Å². The molecule has 5 heteroatoms. The van der Waals surface area contributed by atoms with Crippen molar-refractivity contribution in [2.24, 2.45) is 0 Å². The second-order valence-corrected chi connectivity index (χ2v) is 4.14. The summed E-state index contributed by atoms with van der Waals surface area (Å²) in [6, 6.07) is 11.5. The molecule has 19 heavy (non-hydrogen) atoms. The van der Waals surface area contributed by atoms with E-state index >= 15 is 0 Å². The minimum atomic E-state index is -0.0821. The van der Waals surface area contributed by atoms with Gasteiger partial charge in [-0.2, -0.15) is 5.10 Å². The van der Waals surface area contributed by atoms with Gasteiger partial charge in [-0.05, 0) is 36.4 Å². The lowest BCUT2D eigenvalue weighted by atomic mass is 10.1. The predicted molar refractivity (Wildman–Crippen MR) is 70.9 cm³/mol. The Morgan fingerprint density at radius 3 is 2.63 bits per heavy atom. The van der Waals surface area contributed by atoms with Crippen LogP contribution in [0.2, 0.25) is 0 Å². The highest BCUT2D eigenvalue weighted by molar-refractivity contribution is 5.61. The largest absolute Gasteiger partial charge is 0.497 e. The molecule has 0 fully saturated rings. The van der Waals surface area contributed by atoms with E-state index in [9.17, 15) is 0 Å². The number of hydrogen-bond acceptors (Lipinski definition) is 4. The van der Waals surface area contributed by atoms with Crippen LogP contribution in [0.5, 0.6) is 5.75 Å². The Hall–Kier alpha value is -2.40. The smallest absolute Gasteiger partial charge is 0.153 e. The second kappa shape index (κ2) is 4.70. The number of aromatic nitrogens is 3. The van der Waals surface area contributed by atoms with Crippen molar-refractivity contribution < 1.29 is 9.84 Å². The molecule has 0 aliphatic carbocycles. The highest BCUT2D eigenvalue weighted by Crippen LogP contribution is 2.20. The number of hydrogen-bond donors (Lipinski definition) is 1. The Morgan fingerprint density at radius 1 is 1.16 bits per heavy atom. The molecule has 1 N–H and O–H groups in total. The molecule has 2 heterocycles. The summed E-state index contributed by atoms with van der Waals surface area (Å²) in [4.78, 5) is 4.22. The van der Waals surface area contributed by atoms with Gasteiger partial charge in [0.1, 0.15) is 5.75 Å². The van der Waals surface area contributed by atoms with E-state index in [2.05, 4.69) is 10.1 Å². The third-order valence-electron chi connectivity index (χ3n) is 2.92. The maximum atomic E-state index is 9.07. The third kappa shape index (κ3) is 2.15. The lowest BCUT2D eigenvalue weighted by Gasteiger charge is -2.03. The summed E-state index contributed by atoms with van der Waals surface area (Å²) in [7, 11) is 1.64. The number of methoxy groups -OCH3 is 1. The Bertz CT molecular complexity index is 704. The van der Waals surface area contributed by atoms with Gasteiger partial charge in [-0.3, -0.25) is 0 Å². The van der Waals surface area contributed by atoms with Crippen molar-refractivity contribution in [3.8, 4) is 17.0 Å². The van der Waals surface area contributed by atoms with Crippen LogP contribution in [0.4, 0.5) is 0 Å². The zero-order valence-corrected chi connectivity index (χ0v) is 10.4. The Labute approximate surface area is 110 Å². The Morgan fingerprint density at radius 2 is 1.95 bits per heavy atom. The summed E-state index contributed by atoms with van der Waals surface area (Å²) in [5.41, 5.74) is 3.18. The normalized spacial score (nSPS) is 10.8. The van der Waals surface area contributed by atoms with Crippen LogP contribution in [0.25, 0.3) is 16.9 Å². The first-order chi connectivity index (χ1) is 9.30. The molecule has 0 atom stereocenters. The number of benzene rings is 1. The fourth-order valence-corrected chi connectivity index (χ4v) is 1.92. The van der Waals surface area contributed by atoms with Gasteiger partial charge >= 0.3 is 0 Å². The third-order valence-corrected chi connectivity index (χ3v) is 2.92. The van der Waals surface area contributed by atoms with Crippen LogP contribution < -0.4 is 4.74 Å². The van der Waals surface area contributed by atoms with Crippen molar-refractivity contribution in [2.75, 3.05) is 7.11 Å².